The highest BCUT2D eigenvalue weighted by Crippen LogP contribution is 2.37. The Labute approximate surface area is 132 Å². The maximum Gasteiger partial charge on any atom is 0.476 e. The normalized spacial score (nSPS) is 21.4. The summed E-state index contributed by atoms with van der Waals surface area (Å²) in [6.45, 7) is 8.12. The van der Waals surface area contributed by atoms with Gasteiger partial charge in [-0.15, -0.1) is 12.4 Å². The Morgan fingerprint density at radius 3 is 2.00 bits per heavy atom. The highest BCUT2D eigenvalue weighted by atomic mass is 35.5. The SMILES string of the molecule is CC1(C)OB(C(N)Cc2ccc(Cl)cc2)OC1(C)C.Cl. The second-order valence-corrected chi connectivity index (χ2v) is 6.56. The van der Waals surface area contributed by atoms with Gasteiger partial charge in [-0.1, -0.05) is 23.7 Å². The lowest BCUT2D eigenvalue weighted by Gasteiger charge is -2.32. The first kappa shape index (κ1) is 17.8. The monoisotopic (exact) mass is 317 g/mol. The van der Waals surface area contributed by atoms with E-state index in [4.69, 9.17) is 26.6 Å². The molecule has 1 heterocycles. The van der Waals surface area contributed by atoms with Gasteiger partial charge >= 0.3 is 7.12 Å². The van der Waals surface area contributed by atoms with Crippen LogP contribution in [0.3, 0.4) is 0 Å². The van der Waals surface area contributed by atoms with E-state index in [-0.39, 0.29) is 36.7 Å². The largest absolute Gasteiger partial charge is 0.476 e. The smallest absolute Gasteiger partial charge is 0.402 e. The second-order valence-electron chi connectivity index (χ2n) is 6.12. The lowest BCUT2D eigenvalue weighted by molar-refractivity contribution is 0.00578. The van der Waals surface area contributed by atoms with Gasteiger partial charge in [0.05, 0.1) is 11.2 Å². The molecular weight excluding hydrogens is 296 g/mol. The van der Waals surface area contributed by atoms with Gasteiger partial charge in [0.25, 0.3) is 0 Å². The number of hydrogen-bond donors (Lipinski definition) is 1. The predicted octanol–water partition coefficient (Wildman–Crippen LogP) is 3.26. The molecule has 112 valence electrons. The van der Waals surface area contributed by atoms with E-state index in [1.165, 1.54) is 0 Å². The minimum Gasteiger partial charge on any atom is -0.402 e. The van der Waals surface area contributed by atoms with Crippen LogP contribution in [0.1, 0.15) is 33.3 Å². The summed E-state index contributed by atoms with van der Waals surface area (Å²) in [5.41, 5.74) is 6.66. The molecule has 1 unspecified atom stereocenters. The highest BCUT2D eigenvalue weighted by molar-refractivity contribution is 6.47. The van der Waals surface area contributed by atoms with Gasteiger partial charge in [0, 0.05) is 11.0 Å². The third-order valence-corrected chi connectivity index (χ3v) is 4.26. The Hall–Kier alpha value is -0.255. The van der Waals surface area contributed by atoms with E-state index in [2.05, 4.69) is 0 Å². The molecule has 2 N–H and O–H groups in total. The molecule has 1 saturated heterocycles. The van der Waals surface area contributed by atoms with Crippen LogP contribution >= 0.6 is 24.0 Å². The van der Waals surface area contributed by atoms with Gasteiger partial charge in [-0.2, -0.15) is 0 Å². The van der Waals surface area contributed by atoms with Crippen molar-refractivity contribution >= 4 is 31.1 Å². The molecule has 1 aliphatic heterocycles. The molecule has 0 amide bonds. The lowest BCUT2D eigenvalue weighted by atomic mass is 9.75. The number of hydrogen-bond acceptors (Lipinski definition) is 3. The maximum absolute atomic E-state index is 6.21. The summed E-state index contributed by atoms with van der Waals surface area (Å²) >= 11 is 5.87. The fraction of sp³-hybridized carbons (Fsp3) is 0.571. The molecule has 20 heavy (non-hydrogen) atoms. The molecule has 0 saturated carbocycles. The third kappa shape index (κ3) is 3.69. The average Bonchev–Trinajstić information content (AvgIpc) is 2.51. The fourth-order valence-electron chi connectivity index (χ4n) is 2.05. The molecule has 3 nitrogen and oxygen atoms in total. The topological polar surface area (TPSA) is 44.5 Å². The van der Waals surface area contributed by atoms with E-state index < -0.39 is 0 Å². The summed E-state index contributed by atoms with van der Waals surface area (Å²) < 4.78 is 11.9. The van der Waals surface area contributed by atoms with Gasteiger partial charge in [0.1, 0.15) is 0 Å². The standard InChI is InChI=1S/C14H21BClNO2.ClH/c1-13(2)14(3,4)19-15(18-13)12(17)9-10-5-7-11(16)8-6-10;/h5-8,12H,9,17H2,1-4H3;1H. The Balaban J connectivity index is 0.00000200. The Kier molecular flexibility index (Phi) is 5.56. The van der Waals surface area contributed by atoms with E-state index in [9.17, 15) is 0 Å². The van der Waals surface area contributed by atoms with E-state index in [1.807, 2.05) is 52.0 Å². The third-order valence-electron chi connectivity index (χ3n) is 4.01. The Morgan fingerprint density at radius 1 is 1.10 bits per heavy atom. The van der Waals surface area contributed by atoms with E-state index in [0.29, 0.717) is 6.42 Å². The van der Waals surface area contributed by atoms with Crippen molar-refractivity contribution < 1.29 is 9.31 Å². The summed E-state index contributed by atoms with van der Waals surface area (Å²) in [5, 5.41) is 0.730. The van der Waals surface area contributed by atoms with E-state index >= 15 is 0 Å². The molecule has 1 aromatic carbocycles. The summed E-state index contributed by atoms with van der Waals surface area (Å²) in [5.74, 6) is -0.192. The van der Waals surface area contributed by atoms with Crippen molar-refractivity contribution in [3.8, 4) is 0 Å². The number of rotatable bonds is 3. The minimum absolute atomic E-state index is 0. The zero-order valence-corrected chi connectivity index (χ0v) is 13.9. The van der Waals surface area contributed by atoms with Crippen LogP contribution in [0.2, 0.25) is 5.02 Å². The van der Waals surface area contributed by atoms with Gasteiger partial charge < -0.3 is 15.0 Å². The Bertz CT molecular complexity index is 435. The van der Waals surface area contributed by atoms with Crippen LogP contribution in [0.25, 0.3) is 0 Å². The summed E-state index contributed by atoms with van der Waals surface area (Å²) in [4.78, 5) is 0. The summed E-state index contributed by atoms with van der Waals surface area (Å²) in [7, 11) is -0.374. The Morgan fingerprint density at radius 2 is 1.55 bits per heavy atom. The van der Waals surface area contributed by atoms with Gasteiger partial charge in [-0.05, 0) is 51.8 Å². The molecule has 1 fully saturated rings. The molecule has 0 aromatic heterocycles. The second kappa shape index (κ2) is 6.24. The van der Waals surface area contributed by atoms with Crippen LogP contribution in [-0.2, 0) is 15.7 Å². The van der Waals surface area contributed by atoms with Crippen molar-refractivity contribution in [3.05, 3.63) is 34.9 Å². The van der Waals surface area contributed by atoms with Crippen molar-refractivity contribution in [1.82, 2.24) is 0 Å². The number of benzene rings is 1. The molecule has 1 aliphatic rings. The van der Waals surface area contributed by atoms with Crippen molar-refractivity contribution in [2.24, 2.45) is 5.73 Å². The molecule has 0 radical (unpaired) electrons. The molecule has 1 atom stereocenters. The van der Waals surface area contributed by atoms with Crippen molar-refractivity contribution in [2.45, 2.75) is 51.3 Å². The van der Waals surface area contributed by atoms with Crippen molar-refractivity contribution in [3.63, 3.8) is 0 Å². The van der Waals surface area contributed by atoms with Crippen LogP contribution in [0.15, 0.2) is 24.3 Å². The minimum atomic E-state index is -0.374. The van der Waals surface area contributed by atoms with Crippen LogP contribution in [0.4, 0.5) is 0 Å². The maximum atomic E-state index is 6.21. The first-order valence-electron chi connectivity index (χ1n) is 6.57. The fourth-order valence-corrected chi connectivity index (χ4v) is 2.18. The van der Waals surface area contributed by atoms with Gasteiger partial charge in [0.2, 0.25) is 0 Å². The first-order chi connectivity index (χ1) is 8.71. The number of halogens is 2. The van der Waals surface area contributed by atoms with Crippen LogP contribution in [0, 0.1) is 0 Å². The van der Waals surface area contributed by atoms with Gasteiger partial charge in [-0.25, -0.2) is 0 Å². The van der Waals surface area contributed by atoms with E-state index in [0.717, 1.165) is 10.6 Å². The molecule has 6 heteroatoms. The molecular formula is C14H22BCl2NO2. The van der Waals surface area contributed by atoms with Crippen LogP contribution in [0.5, 0.6) is 0 Å². The molecule has 0 spiro atoms. The van der Waals surface area contributed by atoms with Crippen LogP contribution in [-0.4, -0.2) is 24.3 Å². The zero-order valence-electron chi connectivity index (χ0n) is 12.4. The van der Waals surface area contributed by atoms with E-state index in [1.54, 1.807) is 0 Å². The van der Waals surface area contributed by atoms with Crippen molar-refractivity contribution in [2.75, 3.05) is 0 Å². The molecule has 0 aliphatic carbocycles. The van der Waals surface area contributed by atoms with Crippen LogP contribution < -0.4 is 5.73 Å². The van der Waals surface area contributed by atoms with Crippen molar-refractivity contribution in [1.29, 1.82) is 0 Å². The lowest BCUT2D eigenvalue weighted by Crippen LogP contribution is -2.43. The van der Waals surface area contributed by atoms with Gasteiger partial charge in [0.15, 0.2) is 0 Å². The molecule has 0 bridgehead atoms. The molecule has 1 aromatic rings. The molecule has 2 rings (SSSR count). The average molecular weight is 318 g/mol. The summed E-state index contributed by atoms with van der Waals surface area (Å²) in [6.07, 6.45) is 0.702. The van der Waals surface area contributed by atoms with Gasteiger partial charge in [-0.3, -0.25) is 0 Å². The first-order valence-corrected chi connectivity index (χ1v) is 6.95. The summed E-state index contributed by atoms with van der Waals surface area (Å²) in [6, 6.07) is 7.70. The number of nitrogens with two attached hydrogens (primary N) is 1. The predicted molar refractivity (Wildman–Crippen MR) is 86.5 cm³/mol. The highest BCUT2D eigenvalue weighted by Gasteiger charge is 2.52. The zero-order chi connectivity index (χ0) is 14.3. The quantitative estimate of drug-likeness (QED) is 0.870.